The molecule has 192 valence electrons. The molecule has 0 aliphatic carbocycles. The molecule has 0 heterocycles. The normalized spacial score (nSPS) is 13.0. The predicted molar refractivity (Wildman–Crippen MR) is 140 cm³/mol. The van der Waals surface area contributed by atoms with Crippen LogP contribution in [0.5, 0.6) is 5.75 Å². The molecule has 0 fully saturated rings. The van der Waals surface area contributed by atoms with Crippen LogP contribution in [0.3, 0.4) is 0 Å². The Labute approximate surface area is 217 Å². The topological polar surface area (TPSA) is 96.0 Å². The van der Waals surface area contributed by atoms with Gasteiger partial charge in [0.25, 0.3) is 0 Å². The zero-order chi connectivity index (χ0) is 26.3. The fourth-order valence-corrected chi connectivity index (χ4v) is 4.66. The summed E-state index contributed by atoms with van der Waals surface area (Å²) < 4.78 is 31.4. The summed E-state index contributed by atoms with van der Waals surface area (Å²) in [5.74, 6) is -0.314. The van der Waals surface area contributed by atoms with Crippen LogP contribution in [0, 0.1) is 0 Å². The van der Waals surface area contributed by atoms with Gasteiger partial charge in [-0.3, -0.25) is 13.9 Å². The summed E-state index contributed by atoms with van der Waals surface area (Å²) >= 11 is 12.1. The molecule has 8 nitrogen and oxygen atoms in total. The van der Waals surface area contributed by atoms with E-state index in [-0.39, 0.29) is 34.2 Å². The van der Waals surface area contributed by atoms with Crippen LogP contribution in [-0.2, 0) is 26.2 Å². The lowest BCUT2D eigenvalue weighted by Gasteiger charge is -2.32. The highest BCUT2D eigenvalue weighted by Crippen LogP contribution is 2.27. The molecule has 1 N–H and O–H groups in total. The van der Waals surface area contributed by atoms with Gasteiger partial charge >= 0.3 is 0 Å². The van der Waals surface area contributed by atoms with Crippen LogP contribution in [-0.4, -0.2) is 57.1 Å². The fraction of sp³-hybridized carbons (Fsp3) is 0.417. The van der Waals surface area contributed by atoms with Crippen molar-refractivity contribution in [2.75, 3.05) is 24.2 Å². The third-order valence-corrected chi connectivity index (χ3v) is 7.05. The molecule has 0 aromatic heterocycles. The highest BCUT2D eigenvalue weighted by Gasteiger charge is 2.30. The summed E-state index contributed by atoms with van der Waals surface area (Å²) in [5.41, 5.74) is 0.869. The van der Waals surface area contributed by atoms with Gasteiger partial charge in [-0.05, 0) is 56.2 Å². The van der Waals surface area contributed by atoms with Gasteiger partial charge in [-0.15, -0.1) is 0 Å². The van der Waals surface area contributed by atoms with Crippen molar-refractivity contribution in [3.8, 4) is 5.75 Å². The van der Waals surface area contributed by atoms with E-state index in [0.717, 1.165) is 22.5 Å². The highest BCUT2D eigenvalue weighted by molar-refractivity contribution is 7.92. The van der Waals surface area contributed by atoms with Crippen molar-refractivity contribution in [1.82, 2.24) is 10.2 Å². The molecule has 2 aromatic carbocycles. The number of carbonyl (C=O) groups excluding carboxylic acids is 2. The number of methoxy groups -OCH3 is 1. The molecule has 0 radical (unpaired) electrons. The maximum absolute atomic E-state index is 13.5. The Morgan fingerprint density at radius 2 is 1.71 bits per heavy atom. The van der Waals surface area contributed by atoms with E-state index in [0.29, 0.717) is 5.75 Å². The van der Waals surface area contributed by atoms with E-state index >= 15 is 0 Å². The third-order valence-electron chi connectivity index (χ3n) is 5.47. The van der Waals surface area contributed by atoms with Crippen molar-refractivity contribution in [2.24, 2.45) is 0 Å². The van der Waals surface area contributed by atoms with Gasteiger partial charge in [-0.25, -0.2) is 8.42 Å². The van der Waals surface area contributed by atoms with Crippen molar-refractivity contribution < 1.29 is 22.7 Å². The second-order valence-electron chi connectivity index (χ2n) is 8.26. The Morgan fingerprint density at radius 1 is 1.09 bits per heavy atom. The van der Waals surface area contributed by atoms with E-state index in [9.17, 15) is 18.0 Å². The first-order valence-electron chi connectivity index (χ1n) is 11.0. The van der Waals surface area contributed by atoms with Crippen molar-refractivity contribution in [3.05, 3.63) is 58.1 Å². The molecule has 2 unspecified atom stereocenters. The van der Waals surface area contributed by atoms with Crippen LogP contribution in [0.1, 0.15) is 32.8 Å². The average molecular weight is 545 g/mol. The number of nitrogens with one attached hydrogen (secondary N) is 1. The number of sulfonamides is 1. The minimum atomic E-state index is -3.88. The molecule has 2 atom stereocenters. The molecule has 0 saturated carbocycles. The number of benzene rings is 2. The smallest absolute Gasteiger partial charge is 0.244 e. The number of halogens is 2. The lowest BCUT2D eigenvalue weighted by Crippen LogP contribution is -2.52. The van der Waals surface area contributed by atoms with Gasteiger partial charge in [0.05, 0.1) is 19.1 Å². The third kappa shape index (κ3) is 8.30. The number of hydrogen-bond donors (Lipinski definition) is 1. The summed E-state index contributed by atoms with van der Waals surface area (Å²) in [6, 6.07) is 10.4. The molecule has 35 heavy (non-hydrogen) atoms. The number of anilines is 1. The zero-order valence-corrected chi connectivity index (χ0v) is 22.7. The van der Waals surface area contributed by atoms with Crippen molar-refractivity contribution >= 4 is 50.7 Å². The van der Waals surface area contributed by atoms with Gasteiger partial charge in [0.15, 0.2) is 0 Å². The Bertz CT molecular complexity index is 1140. The Hall–Kier alpha value is -2.49. The quantitative estimate of drug-likeness (QED) is 0.460. The lowest BCUT2D eigenvalue weighted by atomic mass is 10.1. The first kappa shape index (κ1) is 28.7. The Kier molecular flexibility index (Phi) is 10.2. The van der Waals surface area contributed by atoms with Crippen LogP contribution in [0.4, 0.5) is 5.69 Å². The van der Waals surface area contributed by atoms with E-state index in [1.165, 1.54) is 30.2 Å². The minimum absolute atomic E-state index is 0.0685. The van der Waals surface area contributed by atoms with Crippen LogP contribution in [0.2, 0.25) is 10.0 Å². The molecule has 0 aliphatic heterocycles. The lowest BCUT2D eigenvalue weighted by molar-refractivity contribution is -0.139. The summed E-state index contributed by atoms with van der Waals surface area (Å²) in [6.07, 6.45) is 1.71. The van der Waals surface area contributed by atoms with Gasteiger partial charge in [0, 0.05) is 22.6 Å². The summed E-state index contributed by atoms with van der Waals surface area (Å²) in [7, 11) is -2.35. The van der Waals surface area contributed by atoms with E-state index in [1.54, 1.807) is 31.2 Å². The maximum atomic E-state index is 13.5. The Balaban J connectivity index is 2.43. The molecular weight excluding hydrogens is 513 g/mol. The van der Waals surface area contributed by atoms with Crippen LogP contribution >= 0.6 is 23.2 Å². The van der Waals surface area contributed by atoms with Gasteiger partial charge in [0.1, 0.15) is 18.3 Å². The van der Waals surface area contributed by atoms with E-state index in [2.05, 4.69) is 5.32 Å². The molecular formula is C24H31Cl2N3O5S. The molecule has 2 aromatic rings. The highest BCUT2D eigenvalue weighted by atomic mass is 35.5. The monoisotopic (exact) mass is 543 g/mol. The van der Waals surface area contributed by atoms with Crippen molar-refractivity contribution in [1.29, 1.82) is 0 Å². The van der Waals surface area contributed by atoms with Crippen molar-refractivity contribution in [2.45, 2.75) is 45.8 Å². The van der Waals surface area contributed by atoms with Gasteiger partial charge in [0.2, 0.25) is 21.8 Å². The minimum Gasteiger partial charge on any atom is -0.497 e. The predicted octanol–water partition coefficient (Wildman–Crippen LogP) is 4.10. The second-order valence-corrected chi connectivity index (χ2v) is 11.0. The first-order valence-corrected chi connectivity index (χ1v) is 13.6. The molecule has 0 bridgehead atoms. The molecule has 2 rings (SSSR count). The van der Waals surface area contributed by atoms with Gasteiger partial charge in [-0.1, -0.05) is 42.3 Å². The number of hydrogen-bond acceptors (Lipinski definition) is 5. The number of carbonyl (C=O) groups is 2. The van der Waals surface area contributed by atoms with Crippen LogP contribution in [0.15, 0.2) is 42.5 Å². The summed E-state index contributed by atoms with van der Waals surface area (Å²) in [5, 5.41) is 3.33. The van der Waals surface area contributed by atoms with Crippen molar-refractivity contribution in [3.63, 3.8) is 0 Å². The molecule has 2 amide bonds. The summed E-state index contributed by atoms with van der Waals surface area (Å²) in [6.45, 7) is 4.94. The van der Waals surface area contributed by atoms with Crippen LogP contribution < -0.4 is 14.4 Å². The zero-order valence-electron chi connectivity index (χ0n) is 20.4. The summed E-state index contributed by atoms with van der Waals surface area (Å²) in [4.78, 5) is 27.8. The standard InChI is InChI=1S/C24H31Cl2N3O5S/c1-6-16(2)27-24(31)17(3)28(14-18-8-7-9-22(10-18)34-4)23(30)15-29(35(5,32)33)21-12-19(25)11-20(26)13-21/h7-13,16-17H,6,14-15H2,1-5H3,(H,27,31). The number of nitrogens with zero attached hydrogens (tertiary/aromatic N) is 2. The number of rotatable bonds is 11. The number of ether oxygens (including phenoxy) is 1. The number of amides is 2. The SMILES string of the molecule is CCC(C)NC(=O)C(C)N(Cc1cccc(OC)c1)C(=O)CN(c1cc(Cl)cc(Cl)c1)S(C)(=O)=O. The first-order chi connectivity index (χ1) is 16.3. The van der Waals surface area contributed by atoms with E-state index in [4.69, 9.17) is 27.9 Å². The molecule has 11 heteroatoms. The fourth-order valence-electron chi connectivity index (χ4n) is 3.31. The average Bonchev–Trinajstić information content (AvgIpc) is 2.78. The molecule has 0 aliphatic rings. The Morgan fingerprint density at radius 3 is 2.26 bits per heavy atom. The maximum Gasteiger partial charge on any atom is 0.244 e. The largest absolute Gasteiger partial charge is 0.497 e. The second kappa shape index (κ2) is 12.5. The van der Waals surface area contributed by atoms with Gasteiger partial charge in [-0.2, -0.15) is 0 Å². The van der Waals surface area contributed by atoms with E-state index < -0.39 is 28.5 Å². The van der Waals surface area contributed by atoms with E-state index in [1.807, 2.05) is 13.8 Å². The van der Waals surface area contributed by atoms with Crippen LogP contribution in [0.25, 0.3) is 0 Å². The molecule has 0 saturated heterocycles. The van der Waals surface area contributed by atoms with Gasteiger partial charge < -0.3 is 15.0 Å². The molecule has 0 spiro atoms.